The highest BCUT2D eigenvalue weighted by Crippen LogP contribution is 2.14. The van der Waals surface area contributed by atoms with E-state index in [4.69, 9.17) is 4.74 Å². The van der Waals surface area contributed by atoms with Gasteiger partial charge in [-0.25, -0.2) is 0 Å². The molecular formula is C17H23NO3. The number of amides is 1. The minimum Gasteiger partial charge on any atom is -0.484 e. The van der Waals surface area contributed by atoms with Crippen LogP contribution in [-0.4, -0.2) is 36.3 Å². The first kappa shape index (κ1) is 15.5. The zero-order valence-electron chi connectivity index (χ0n) is 12.6. The Labute approximate surface area is 126 Å². The average Bonchev–Trinajstić information content (AvgIpc) is 2.75. The van der Waals surface area contributed by atoms with Crippen molar-refractivity contribution in [2.24, 2.45) is 0 Å². The van der Waals surface area contributed by atoms with Crippen LogP contribution in [0, 0.1) is 0 Å². The van der Waals surface area contributed by atoms with Gasteiger partial charge in [-0.1, -0.05) is 25.0 Å². The van der Waals surface area contributed by atoms with Crippen molar-refractivity contribution in [3.8, 4) is 5.75 Å². The lowest BCUT2D eigenvalue weighted by molar-refractivity contribution is -0.133. The number of likely N-dealkylation sites (tertiary alicyclic amines) is 1. The monoisotopic (exact) mass is 289 g/mol. The number of Topliss-reactive ketones (excluding diaryl/α,β-unsaturated/α-hetero) is 1. The molecule has 0 aliphatic carbocycles. The van der Waals surface area contributed by atoms with E-state index in [0.717, 1.165) is 31.5 Å². The smallest absolute Gasteiger partial charge is 0.260 e. The van der Waals surface area contributed by atoms with Crippen molar-refractivity contribution in [2.45, 2.75) is 39.0 Å². The third-order valence-corrected chi connectivity index (χ3v) is 3.70. The molecular weight excluding hydrogens is 266 g/mol. The summed E-state index contributed by atoms with van der Waals surface area (Å²) in [7, 11) is 0. The molecule has 114 valence electrons. The van der Waals surface area contributed by atoms with Crippen LogP contribution >= 0.6 is 0 Å². The summed E-state index contributed by atoms with van der Waals surface area (Å²) in [6.45, 7) is 3.36. The zero-order valence-corrected chi connectivity index (χ0v) is 12.6. The fraction of sp³-hybridized carbons (Fsp3) is 0.529. The van der Waals surface area contributed by atoms with Gasteiger partial charge in [0.2, 0.25) is 0 Å². The molecule has 1 saturated heterocycles. The highest BCUT2D eigenvalue weighted by atomic mass is 16.5. The van der Waals surface area contributed by atoms with Gasteiger partial charge in [0.25, 0.3) is 5.91 Å². The average molecular weight is 289 g/mol. The number of carbonyl (C=O) groups excluding carboxylic acids is 2. The fourth-order valence-electron chi connectivity index (χ4n) is 2.55. The maximum absolute atomic E-state index is 12.1. The lowest BCUT2D eigenvalue weighted by Gasteiger charge is -2.20. The van der Waals surface area contributed by atoms with Crippen LogP contribution in [0.5, 0.6) is 5.75 Å². The van der Waals surface area contributed by atoms with E-state index in [1.165, 1.54) is 12.8 Å². The van der Waals surface area contributed by atoms with Gasteiger partial charge in [0.05, 0.1) is 0 Å². The van der Waals surface area contributed by atoms with E-state index in [2.05, 4.69) is 0 Å². The van der Waals surface area contributed by atoms with Crippen molar-refractivity contribution in [3.05, 3.63) is 29.8 Å². The predicted molar refractivity (Wildman–Crippen MR) is 81.4 cm³/mol. The van der Waals surface area contributed by atoms with Gasteiger partial charge >= 0.3 is 0 Å². The van der Waals surface area contributed by atoms with Gasteiger partial charge in [0.1, 0.15) is 11.5 Å². The van der Waals surface area contributed by atoms with Crippen LogP contribution in [0.25, 0.3) is 0 Å². The molecule has 0 atom stereocenters. The van der Waals surface area contributed by atoms with Crippen molar-refractivity contribution in [3.63, 3.8) is 0 Å². The van der Waals surface area contributed by atoms with E-state index < -0.39 is 0 Å². The topological polar surface area (TPSA) is 46.6 Å². The Balaban J connectivity index is 1.81. The van der Waals surface area contributed by atoms with Crippen LogP contribution in [0.1, 0.15) is 38.2 Å². The summed E-state index contributed by atoms with van der Waals surface area (Å²) in [5.41, 5.74) is 0.966. The molecule has 21 heavy (non-hydrogen) atoms. The molecule has 1 aromatic rings. The summed E-state index contributed by atoms with van der Waals surface area (Å²) < 4.78 is 5.55. The number of nitrogens with zero attached hydrogens (tertiary/aromatic N) is 1. The second-order valence-corrected chi connectivity index (χ2v) is 5.61. The van der Waals surface area contributed by atoms with Gasteiger partial charge in [0, 0.05) is 19.5 Å². The van der Waals surface area contributed by atoms with Crippen LogP contribution < -0.4 is 4.74 Å². The molecule has 1 fully saturated rings. The number of rotatable bonds is 5. The Morgan fingerprint density at radius 2 is 1.67 bits per heavy atom. The fourth-order valence-corrected chi connectivity index (χ4v) is 2.55. The summed E-state index contributed by atoms with van der Waals surface area (Å²) >= 11 is 0. The maximum Gasteiger partial charge on any atom is 0.260 e. The molecule has 1 amide bonds. The summed E-state index contributed by atoms with van der Waals surface area (Å²) in [6, 6.07) is 7.36. The van der Waals surface area contributed by atoms with Gasteiger partial charge in [0.15, 0.2) is 6.61 Å². The summed E-state index contributed by atoms with van der Waals surface area (Å²) in [6.07, 6.45) is 5.04. The number of ether oxygens (including phenoxy) is 1. The SMILES string of the molecule is CC(=O)Cc1ccc(OCC(=O)N2CCCCCC2)cc1. The highest BCUT2D eigenvalue weighted by Gasteiger charge is 2.15. The van der Waals surface area contributed by atoms with Gasteiger partial charge in [-0.15, -0.1) is 0 Å². The number of hydrogen-bond donors (Lipinski definition) is 0. The molecule has 4 heteroatoms. The Hall–Kier alpha value is -1.84. The minimum atomic E-state index is 0.0599. The van der Waals surface area contributed by atoms with E-state index in [1.807, 2.05) is 29.2 Å². The molecule has 4 nitrogen and oxygen atoms in total. The second-order valence-electron chi connectivity index (χ2n) is 5.61. The quantitative estimate of drug-likeness (QED) is 0.837. The molecule has 0 unspecified atom stereocenters. The van der Waals surface area contributed by atoms with Gasteiger partial charge in [-0.05, 0) is 37.5 Å². The molecule has 0 bridgehead atoms. The number of hydrogen-bond acceptors (Lipinski definition) is 3. The van der Waals surface area contributed by atoms with Gasteiger partial charge < -0.3 is 9.64 Å². The normalized spacial score (nSPS) is 15.4. The van der Waals surface area contributed by atoms with Crippen LogP contribution in [0.15, 0.2) is 24.3 Å². The summed E-state index contributed by atoms with van der Waals surface area (Å²) in [5.74, 6) is 0.871. The van der Waals surface area contributed by atoms with Crippen molar-refractivity contribution >= 4 is 11.7 Å². The van der Waals surface area contributed by atoms with E-state index >= 15 is 0 Å². The highest BCUT2D eigenvalue weighted by molar-refractivity contribution is 5.78. The standard InChI is InChI=1S/C17H23NO3/c1-14(19)12-15-6-8-16(9-7-15)21-13-17(20)18-10-4-2-3-5-11-18/h6-9H,2-5,10-13H2,1H3. The first-order valence-electron chi connectivity index (χ1n) is 7.64. The van der Waals surface area contributed by atoms with Crippen molar-refractivity contribution < 1.29 is 14.3 Å². The molecule has 1 heterocycles. The Morgan fingerprint density at radius 1 is 1.05 bits per heavy atom. The lowest BCUT2D eigenvalue weighted by atomic mass is 10.1. The predicted octanol–water partition coefficient (Wildman–Crippen LogP) is 2.60. The molecule has 1 aliphatic heterocycles. The molecule has 0 aromatic heterocycles. The van der Waals surface area contributed by atoms with Crippen LogP contribution in [0.3, 0.4) is 0 Å². The first-order chi connectivity index (χ1) is 10.1. The summed E-state index contributed by atoms with van der Waals surface area (Å²) in [5, 5.41) is 0. The molecule has 1 aliphatic rings. The number of ketones is 1. The molecule has 0 saturated carbocycles. The van der Waals surface area contributed by atoms with Gasteiger partial charge in [-0.3, -0.25) is 9.59 Å². The third kappa shape index (κ3) is 5.21. The first-order valence-corrected chi connectivity index (χ1v) is 7.64. The van der Waals surface area contributed by atoms with E-state index in [1.54, 1.807) is 6.92 Å². The third-order valence-electron chi connectivity index (χ3n) is 3.70. The molecule has 2 rings (SSSR count). The molecule has 0 spiro atoms. The second kappa shape index (κ2) is 7.81. The molecule has 0 radical (unpaired) electrons. The Bertz CT molecular complexity index is 473. The van der Waals surface area contributed by atoms with E-state index in [0.29, 0.717) is 12.2 Å². The maximum atomic E-state index is 12.1. The van der Waals surface area contributed by atoms with E-state index in [-0.39, 0.29) is 18.3 Å². The van der Waals surface area contributed by atoms with Crippen LogP contribution in [0.2, 0.25) is 0 Å². The number of carbonyl (C=O) groups is 2. The Morgan fingerprint density at radius 3 is 2.24 bits per heavy atom. The zero-order chi connectivity index (χ0) is 15.1. The lowest BCUT2D eigenvalue weighted by Crippen LogP contribution is -2.35. The Kier molecular flexibility index (Phi) is 5.78. The largest absolute Gasteiger partial charge is 0.484 e. The summed E-state index contributed by atoms with van der Waals surface area (Å²) in [4.78, 5) is 25.0. The van der Waals surface area contributed by atoms with Gasteiger partial charge in [-0.2, -0.15) is 0 Å². The van der Waals surface area contributed by atoms with Crippen molar-refractivity contribution in [1.82, 2.24) is 4.90 Å². The minimum absolute atomic E-state index is 0.0599. The molecule has 0 N–H and O–H groups in total. The van der Waals surface area contributed by atoms with Crippen LogP contribution in [-0.2, 0) is 16.0 Å². The van der Waals surface area contributed by atoms with Crippen molar-refractivity contribution in [2.75, 3.05) is 19.7 Å². The number of benzene rings is 1. The van der Waals surface area contributed by atoms with Crippen molar-refractivity contribution in [1.29, 1.82) is 0 Å². The van der Waals surface area contributed by atoms with Crippen LogP contribution in [0.4, 0.5) is 0 Å². The molecule has 1 aromatic carbocycles. The van der Waals surface area contributed by atoms with E-state index in [9.17, 15) is 9.59 Å².